The molecule has 2 rings (SSSR count). The van der Waals surface area contributed by atoms with E-state index in [0.717, 1.165) is 0 Å². The Morgan fingerprint density at radius 2 is 2.40 bits per heavy atom. The third-order valence-corrected chi connectivity index (χ3v) is 2.81. The number of nitrogens with zero attached hydrogens (tertiary/aromatic N) is 5. The molecular formula is C11H17N5O4. The number of rotatable bonds is 4. The number of hydrogen-bond acceptors (Lipinski definition) is 7. The molecule has 20 heavy (non-hydrogen) atoms. The molecular weight excluding hydrogens is 266 g/mol. The van der Waals surface area contributed by atoms with E-state index >= 15 is 0 Å². The van der Waals surface area contributed by atoms with E-state index in [0.29, 0.717) is 0 Å². The van der Waals surface area contributed by atoms with Gasteiger partial charge in [0.1, 0.15) is 18.7 Å². The van der Waals surface area contributed by atoms with Gasteiger partial charge in [0.25, 0.3) is 5.95 Å². The van der Waals surface area contributed by atoms with Gasteiger partial charge in [-0.3, -0.25) is 4.57 Å². The second kappa shape index (κ2) is 6.07. The van der Waals surface area contributed by atoms with Gasteiger partial charge in [-0.2, -0.15) is 4.98 Å². The van der Waals surface area contributed by atoms with E-state index < -0.39 is 24.1 Å². The first-order valence-electron chi connectivity index (χ1n) is 6.11. The molecule has 0 radical (unpaired) electrons. The molecule has 1 aliphatic heterocycles. The number of aliphatic hydroxyl groups is 2. The fraction of sp³-hybridized carbons (Fsp3) is 0.636. The quantitative estimate of drug-likeness (QED) is 0.510. The van der Waals surface area contributed by atoms with Crippen LogP contribution in [0.25, 0.3) is 0 Å². The van der Waals surface area contributed by atoms with Crippen molar-refractivity contribution in [2.24, 2.45) is 4.99 Å². The van der Waals surface area contributed by atoms with Crippen LogP contribution in [-0.4, -0.2) is 68.9 Å². The van der Waals surface area contributed by atoms with E-state index in [9.17, 15) is 9.90 Å². The zero-order valence-electron chi connectivity index (χ0n) is 11.2. The van der Waals surface area contributed by atoms with Gasteiger partial charge in [-0.15, -0.1) is 0 Å². The minimum atomic E-state index is -0.816. The van der Waals surface area contributed by atoms with Crippen molar-refractivity contribution in [1.29, 1.82) is 0 Å². The molecule has 0 aliphatic carbocycles. The Kier molecular flexibility index (Phi) is 4.42. The number of ether oxygens (including phenoxy) is 1. The summed E-state index contributed by atoms with van der Waals surface area (Å²) in [7, 11) is 3.57. The first kappa shape index (κ1) is 14.6. The van der Waals surface area contributed by atoms with Crippen molar-refractivity contribution in [3.05, 3.63) is 16.8 Å². The number of hydrogen-bond donors (Lipinski definition) is 2. The lowest BCUT2D eigenvalue weighted by Crippen LogP contribution is -2.28. The predicted octanol–water partition coefficient (Wildman–Crippen LogP) is -1.50. The van der Waals surface area contributed by atoms with Gasteiger partial charge in [0.2, 0.25) is 0 Å². The van der Waals surface area contributed by atoms with Gasteiger partial charge >= 0.3 is 5.69 Å². The van der Waals surface area contributed by atoms with Gasteiger partial charge < -0.3 is 19.8 Å². The molecule has 3 atom stereocenters. The fourth-order valence-corrected chi connectivity index (χ4v) is 1.81. The number of aromatic nitrogens is 3. The van der Waals surface area contributed by atoms with Crippen LogP contribution < -0.4 is 5.69 Å². The van der Waals surface area contributed by atoms with Crippen molar-refractivity contribution in [2.75, 3.05) is 20.7 Å². The average molecular weight is 283 g/mol. The Labute approximate surface area is 115 Å². The molecule has 0 spiro atoms. The lowest BCUT2D eigenvalue weighted by atomic mass is 10.2. The molecule has 9 heteroatoms. The van der Waals surface area contributed by atoms with Crippen molar-refractivity contribution < 1.29 is 14.9 Å². The Morgan fingerprint density at radius 1 is 1.65 bits per heavy atom. The molecule has 1 fully saturated rings. The largest absolute Gasteiger partial charge is 0.394 e. The Morgan fingerprint density at radius 3 is 2.95 bits per heavy atom. The summed E-state index contributed by atoms with van der Waals surface area (Å²) in [5, 5.41) is 18.7. The topological polar surface area (TPSA) is 113 Å². The van der Waals surface area contributed by atoms with E-state index in [1.807, 2.05) is 0 Å². The molecule has 1 aliphatic rings. The van der Waals surface area contributed by atoms with Crippen molar-refractivity contribution in [2.45, 2.75) is 24.9 Å². The van der Waals surface area contributed by atoms with E-state index in [1.54, 1.807) is 19.0 Å². The molecule has 110 valence electrons. The van der Waals surface area contributed by atoms with Crippen LogP contribution in [-0.2, 0) is 4.74 Å². The predicted molar refractivity (Wildman–Crippen MR) is 69.8 cm³/mol. The molecule has 0 amide bonds. The van der Waals surface area contributed by atoms with Crippen LogP contribution >= 0.6 is 0 Å². The molecule has 1 aromatic rings. The second-order valence-corrected chi connectivity index (χ2v) is 4.67. The summed E-state index contributed by atoms with van der Waals surface area (Å²) >= 11 is 0. The summed E-state index contributed by atoms with van der Waals surface area (Å²) in [6, 6.07) is 0. The van der Waals surface area contributed by atoms with Crippen molar-refractivity contribution in [3.8, 4) is 0 Å². The normalized spacial score (nSPS) is 26.3. The molecule has 9 nitrogen and oxygen atoms in total. The zero-order valence-corrected chi connectivity index (χ0v) is 11.2. The minimum Gasteiger partial charge on any atom is -0.394 e. The Hall–Kier alpha value is -1.84. The minimum absolute atomic E-state index is 0.0530. The summed E-state index contributed by atoms with van der Waals surface area (Å²) in [6.07, 6.45) is 0.767. The maximum Gasteiger partial charge on any atom is 0.354 e. The Bertz CT molecular complexity index is 544. The highest BCUT2D eigenvalue weighted by atomic mass is 16.5. The van der Waals surface area contributed by atoms with Crippen LogP contribution in [0.1, 0.15) is 12.6 Å². The van der Waals surface area contributed by atoms with E-state index in [1.165, 1.54) is 17.2 Å². The highest BCUT2D eigenvalue weighted by molar-refractivity contribution is 5.57. The molecule has 2 N–H and O–H groups in total. The van der Waals surface area contributed by atoms with Gasteiger partial charge in [0.05, 0.1) is 19.0 Å². The standard InChI is InChI=1S/C11H17N5O4/c1-15(2)5-12-10-13-6-16(11(19)14-10)9-3-7(18)8(4-17)20-9/h5-9,17-18H,3-4H2,1-2H3/t7-,8+,9+/m0/s1. The zero-order chi connectivity index (χ0) is 14.7. The number of aliphatic hydroxyl groups excluding tert-OH is 2. The monoisotopic (exact) mass is 283 g/mol. The molecule has 2 heterocycles. The second-order valence-electron chi connectivity index (χ2n) is 4.67. The van der Waals surface area contributed by atoms with Crippen LogP contribution in [0.15, 0.2) is 16.1 Å². The van der Waals surface area contributed by atoms with Gasteiger partial charge in [0, 0.05) is 20.5 Å². The lowest BCUT2D eigenvalue weighted by molar-refractivity contribution is -0.0462. The summed E-state index contributed by atoms with van der Waals surface area (Å²) in [4.78, 5) is 25.1. The van der Waals surface area contributed by atoms with Crippen LogP contribution in [0.2, 0.25) is 0 Å². The van der Waals surface area contributed by atoms with Crippen molar-refractivity contribution in [3.63, 3.8) is 0 Å². The molecule has 1 aromatic heterocycles. The maximum atomic E-state index is 11.9. The van der Waals surface area contributed by atoms with E-state index in [2.05, 4.69) is 15.0 Å². The molecule has 1 saturated heterocycles. The first-order chi connectivity index (χ1) is 9.51. The van der Waals surface area contributed by atoms with E-state index in [-0.39, 0.29) is 19.0 Å². The van der Waals surface area contributed by atoms with Gasteiger partial charge in [-0.25, -0.2) is 14.8 Å². The highest BCUT2D eigenvalue weighted by Gasteiger charge is 2.35. The van der Waals surface area contributed by atoms with Gasteiger partial charge in [-0.1, -0.05) is 0 Å². The number of aliphatic imine (C=N–C) groups is 1. The van der Waals surface area contributed by atoms with Crippen LogP contribution in [0.3, 0.4) is 0 Å². The molecule has 0 saturated carbocycles. The highest BCUT2D eigenvalue weighted by Crippen LogP contribution is 2.27. The van der Waals surface area contributed by atoms with Gasteiger partial charge in [0.15, 0.2) is 0 Å². The lowest BCUT2D eigenvalue weighted by Gasteiger charge is -2.13. The van der Waals surface area contributed by atoms with Gasteiger partial charge in [-0.05, 0) is 0 Å². The summed E-state index contributed by atoms with van der Waals surface area (Å²) in [5.74, 6) is 0.0530. The van der Waals surface area contributed by atoms with Crippen LogP contribution in [0, 0.1) is 0 Å². The SMILES string of the molecule is CN(C)C=Nc1ncn([C@H]2C[C@H](O)[C@@H](CO)O2)c(=O)n1. The fourth-order valence-electron chi connectivity index (χ4n) is 1.81. The third-order valence-electron chi connectivity index (χ3n) is 2.81. The average Bonchev–Trinajstić information content (AvgIpc) is 2.77. The first-order valence-corrected chi connectivity index (χ1v) is 6.11. The maximum absolute atomic E-state index is 11.9. The Balaban J connectivity index is 2.17. The summed E-state index contributed by atoms with van der Waals surface area (Å²) in [6.45, 7) is -0.307. The van der Waals surface area contributed by atoms with Crippen molar-refractivity contribution >= 4 is 12.3 Å². The third kappa shape index (κ3) is 3.18. The summed E-state index contributed by atoms with van der Waals surface area (Å²) in [5.41, 5.74) is -0.568. The molecule has 0 aromatic carbocycles. The molecule has 0 unspecified atom stereocenters. The van der Waals surface area contributed by atoms with Crippen molar-refractivity contribution in [1.82, 2.24) is 19.4 Å². The van der Waals surface area contributed by atoms with E-state index in [4.69, 9.17) is 9.84 Å². The van der Waals surface area contributed by atoms with Crippen LogP contribution in [0.4, 0.5) is 5.95 Å². The summed E-state index contributed by atoms with van der Waals surface area (Å²) < 4.78 is 6.54. The smallest absolute Gasteiger partial charge is 0.354 e. The van der Waals surface area contributed by atoms with Crippen LogP contribution in [0.5, 0.6) is 0 Å². The molecule has 0 bridgehead atoms.